The summed E-state index contributed by atoms with van der Waals surface area (Å²) in [6.07, 6.45) is 4.94. The number of carbonyl (C=O) groups excluding carboxylic acids is 1. The molecule has 1 aromatic carbocycles. The first-order valence-electron chi connectivity index (χ1n) is 7.27. The van der Waals surface area contributed by atoms with E-state index in [1.165, 1.54) is 24.2 Å². The van der Waals surface area contributed by atoms with Crippen LogP contribution in [0.5, 0.6) is 5.75 Å². The molecule has 1 fully saturated rings. The number of para-hydroxylation sites is 1. The normalized spacial score (nSPS) is 20.5. The highest BCUT2D eigenvalue weighted by atomic mass is 32.1. The lowest BCUT2D eigenvalue weighted by Crippen LogP contribution is -2.42. The molecular weight excluding hydrogens is 284 g/mol. The average Bonchev–Trinajstić information content (AvgIpc) is 3.24. The Labute approximate surface area is 127 Å². The van der Waals surface area contributed by atoms with Crippen LogP contribution in [0.4, 0.5) is 0 Å². The molecule has 5 heteroatoms. The summed E-state index contributed by atoms with van der Waals surface area (Å²) in [5.74, 6) is 1.49. The van der Waals surface area contributed by atoms with Crippen molar-refractivity contribution >= 4 is 17.2 Å². The quantitative estimate of drug-likeness (QED) is 0.948. The standard InChI is InChI=1S/C16H16N2O2S/c19-15(14-8-17-16(21-14)10-5-6-10)18-12-7-11-3-1-2-4-13(11)20-9-12/h1-4,8,10,12H,5-7,9H2,(H,18,19). The van der Waals surface area contributed by atoms with Crippen molar-refractivity contribution in [2.45, 2.75) is 31.2 Å². The Hall–Kier alpha value is -1.88. The molecule has 1 amide bonds. The number of aromatic nitrogens is 1. The molecule has 108 valence electrons. The molecule has 0 saturated heterocycles. The van der Waals surface area contributed by atoms with Gasteiger partial charge in [-0.1, -0.05) is 18.2 Å². The molecule has 1 saturated carbocycles. The number of nitrogens with zero attached hydrogens (tertiary/aromatic N) is 1. The molecular formula is C16H16N2O2S. The van der Waals surface area contributed by atoms with E-state index in [4.69, 9.17) is 4.74 Å². The zero-order valence-electron chi connectivity index (χ0n) is 11.5. The molecule has 4 nitrogen and oxygen atoms in total. The van der Waals surface area contributed by atoms with E-state index in [1.54, 1.807) is 6.20 Å². The van der Waals surface area contributed by atoms with Crippen molar-refractivity contribution in [2.24, 2.45) is 0 Å². The van der Waals surface area contributed by atoms with Gasteiger partial charge in [-0.3, -0.25) is 4.79 Å². The summed E-state index contributed by atoms with van der Waals surface area (Å²) in [6.45, 7) is 0.525. The van der Waals surface area contributed by atoms with Crippen LogP contribution < -0.4 is 10.1 Å². The van der Waals surface area contributed by atoms with E-state index < -0.39 is 0 Å². The van der Waals surface area contributed by atoms with Gasteiger partial charge in [0.15, 0.2) is 0 Å². The number of fused-ring (bicyclic) bond motifs is 1. The first-order chi connectivity index (χ1) is 10.3. The summed E-state index contributed by atoms with van der Waals surface area (Å²) >= 11 is 1.52. The minimum absolute atomic E-state index is 0.0267. The van der Waals surface area contributed by atoms with Gasteiger partial charge in [0.05, 0.1) is 17.2 Å². The maximum absolute atomic E-state index is 12.3. The smallest absolute Gasteiger partial charge is 0.263 e. The third kappa shape index (κ3) is 2.65. The highest BCUT2D eigenvalue weighted by Gasteiger charge is 2.28. The molecule has 1 atom stereocenters. The van der Waals surface area contributed by atoms with Crippen molar-refractivity contribution in [1.82, 2.24) is 10.3 Å². The second kappa shape index (κ2) is 5.15. The van der Waals surface area contributed by atoms with Crippen LogP contribution in [0, 0.1) is 0 Å². The topological polar surface area (TPSA) is 51.2 Å². The Morgan fingerprint density at radius 1 is 1.33 bits per heavy atom. The van der Waals surface area contributed by atoms with Crippen LogP contribution in [-0.4, -0.2) is 23.5 Å². The van der Waals surface area contributed by atoms with Gasteiger partial charge in [0, 0.05) is 5.92 Å². The lowest BCUT2D eigenvalue weighted by Gasteiger charge is -2.25. The van der Waals surface area contributed by atoms with Crippen LogP contribution in [0.25, 0.3) is 0 Å². The number of amides is 1. The van der Waals surface area contributed by atoms with Gasteiger partial charge in [-0.15, -0.1) is 11.3 Å². The van der Waals surface area contributed by atoms with Crippen molar-refractivity contribution in [3.05, 3.63) is 45.9 Å². The molecule has 2 heterocycles. The van der Waals surface area contributed by atoms with Crippen LogP contribution in [0.15, 0.2) is 30.5 Å². The van der Waals surface area contributed by atoms with E-state index >= 15 is 0 Å². The van der Waals surface area contributed by atoms with Gasteiger partial charge >= 0.3 is 0 Å². The molecule has 0 radical (unpaired) electrons. The van der Waals surface area contributed by atoms with Gasteiger partial charge in [-0.05, 0) is 30.9 Å². The van der Waals surface area contributed by atoms with E-state index in [1.807, 2.05) is 24.3 Å². The lowest BCUT2D eigenvalue weighted by molar-refractivity contribution is 0.0919. The van der Waals surface area contributed by atoms with Gasteiger partial charge in [0.1, 0.15) is 17.2 Å². The van der Waals surface area contributed by atoms with Crippen LogP contribution in [0.3, 0.4) is 0 Å². The predicted molar refractivity (Wildman–Crippen MR) is 81.0 cm³/mol. The molecule has 2 aromatic rings. The van der Waals surface area contributed by atoms with E-state index in [-0.39, 0.29) is 11.9 Å². The van der Waals surface area contributed by atoms with Crippen molar-refractivity contribution < 1.29 is 9.53 Å². The fourth-order valence-corrected chi connectivity index (χ4v) is 3.58. The Balaban J connectivity index is 1.42. The number of benzene rings is 1. The predicted octanol–water partition coefficient (Wildman–Crippen LogP) is 2.75. The molecule has 1 aliphatic heterocycles. The number of rotatable bonds is 3. The molecule has 21 heavy (non-hydrogen) atoms. The maximum Gasteiger partial charge on any atom is 0.263 e. The monoisotopic (exact) mass is 300 g/mol. The minimum Gasteiger partial charge on any atom is -0.491 e. The largest absolute Gasteiger partial charge is 0.491 e. The Morgan fingerprint density at radius 2 is 2.19 bits per heavy atom. The maximum atomic E-state index is 12.3. The molecule has 2 aliphatic rings. The van der Waals surface area contributed by atoms with Crippen LogP contribution in [-0.2, 0) is 6.42 Å². The van der Waals surface area contributed by atoms with Gasteiger partial charge in [0.25, 0.3) is 5.91 Å². The lowest BCUT2D eigenvalue weighted by atomic mass is 10.0. The SMILES string of the molecule is O=C(NC1COc2ccccc2C1)c1cnc(C2CC2)s1. The molecule has 1 N–H and O–H groups in total. The molecule has 1 aromatic heterocycles. The number of thiazole rings is 1. The fraction of sp³-hybridized carbons (Fsp3) is 0.375. The van der Waals surface area contributed by atoms with E-state index in [2.05, 4.69) is 10.3 Å². The highest BCUT2D eigenvalue weighted by Crippen LogP contribution is 2.41. The van der Waals surface area contributed by atoms with Crippen molar-refractivity contribution in [3.63, 3.8) is 0 Å². The van der Waals surface area contributed by atoms with Crippen LogP contribution in [0.2, 0.25) is 0 Å². The molecule has 1 unspecified atom stereocenters. The summed E-state index contributed by atoms with van der Waals surface area (Å²) < 4.78 is 5.70. The Kier molecular flexibility index (Phi) is 3.15. The first kappa shape index (κ1) is 12.8. The fourth-order valence-electron chi connectivity index (χ4n) is 2.59. The number of ether oxygens (including phenoxy) is 1. The summed E-state index contributed by atoms with van der Waals surface area (Å²) in [7, 11) is 0. The number of carbonyl (C=O) groups is 1. The van der Waals surface area contributed by atoms with Crippen molar-refractivity contribution in [3.8, 4) is 5.75 Å². The molecule has 0 spiro atoms. The second-order valence-electron chi connectivity index (χ2n) is 5.63. The van der Waals surface area contributed by atoms with Gasteiger partial charge in [-0.2, -0.15) is 0 Å². The zero-order valence-corrected chi connectivity index (χ0v) is 12.4. The van der Waals surface area contributed by atoms with E-state index in [0.29, 0.717) is 17.4 Å². The highest BCUT2D eigenvalue weighted by molar-refractivity contribution is 7.13. The van der Waals surface area contributed by atoms with Crippen molar-refractivity contribution in [1.29, 1.82) is 0 Å². The van der Waals surface area contributed by atoms with Gasteiger partial charge in [-0.25, -0.2) is 4.98 Å². The third-order valence-electron chi connectivity index (χ3n) is 3.89. The minimum atomic E-state index is -0.0348. The number of hydrogen-bond donors (Lipinski definition) is 1. The van der Waals surface area contributed by atoms with Gasteiger partial charge < -0.3 is 10.1 Å². The van der Waals surface area contributed by atoms with Crippen LogP contribution in [0.1, 0.15) is 39.0 Å². The van der Waals surface area contributed by atoms with Gasteiger partial charge in [0.2, 0.25) is 0 Å². The Morgan fingerprint density at radius 3 is 3.05 bits per heavy atom. The molecule has 4 rings (SSSR count). The Bertz CT molecular complexity index is 678. The number of hydrogen-bond acceptors (Lipinski definition) is 4. The second-order valence-corrected chi connectivity index (χ2v) is 6.69. The number of nitrogens with one attached hydrogen (secondary N) is 1. The molecule has 0 bridgehead atoms. The summed E-state index contributed by atoms with van der Waals surface area (Å²) in [6, 6.07) is 8.01. The zero-order chi connectivity index (χ0) is 14.2. The summed E-state index contributed by atoms with van der Waals surface area (Å²) in [5, 5.41) is 4.16. The average molecular weight is 300 g/mol. The van der Waals surface area contributed by atoms with E-state index in [0.717, 1.165) is 22.7 Å². The third-order valence-corrected chi connectivity index (χ3v) is 5.05. The molecule has 1 aliphatic carbocycles. The van der Waals surface area contributed by atoms with Crippen LogP contribution >= 0.6 is 11.3 Å². The van der Waals surface area contributed by atoms with Crippen molar-refractivity contribution in [2.75, 3.05) is 6.61 Å². The first-order valence-corrected chi connectivity index (χ1v) is 8.08. The summed E-state index contributed by atoms with van der Waals surface area (Å²) in [4.78, 5) is 17.3. The van der Waals surface area contributed by atoms with E-state index in [9.17, 15) is 4.79 Å². The summed E-state index contributed by atoms with van der Waals surface area (Å²) in [5.41, 5.74) is 1.15.